The summed E-state index contributed by atoms with van der Waals surface area (Å²) in [6, 6.07) is 4.79. The van der Waals surface area contributed by atoms with E-state index in [-0.39, 0.29) is 12.5 Å². The van der Waals surface area contributed by atoms with Crippen LogP contribution in [0.1, 0.15) is 50.9 Å². The van der Waals surface area contributed by atoms with Crippen molar-refractivity contribution in [3.05, 3.63) is 23.8 Å². The molecular weight excluding hydrogens is 362 g/mol. The van der Waals surface area contributed by atoms with Gasteiger partial charge in [0.25, 0.3) is 0 Å². The fraction of sp³-hybridized carbons (Fsp3) is 0.619. The van der Waals surface area contributed by atoms with E-state index in [4.69, 9.17) is 18.9 Å². The average molecular weight is 393 g/mol. The van der Waals surface area contributed by atoms with E-state index in [9.17, 15) is 9.59 Å². The predicted octanol–water partition coefficient (Wildman–Crippen LogP) is 2.96. The van der Waals surface area contributed by atoms with Gasteiger partial charge in [0.15, 0.2) is 17.6 Å². The molecule has 1 atom stereocenters. The maximum atomic E-state index is 12.8. The number of hydrogen-bond donors (Lipinski definition) is 1. The van der Waals surface area contributed by atoms with Crippen LogP contribution in [0.15, 0.2) is 18.2 Å². The zero-order chi connectivity index (χ0) is 20.7. The molecule has 0 radical (unpaired) electrons. The van der Waals surface area contributed by atoms with Crippen LogP contribution >= 0.6 is 0 Å². The lowest BCUT2D eigenvalue weighted by Crippen LogP contribution is -2.44. The number of piperidine rings is 1. The number of carbonyl (C=O) groups excluding carboxylic acids is 2. The van der Waals surface area contributed by atoms with Gasteiger partial charge in [-0.05, 0) is 71.8 Å². The van der Waals surface area contributed by atoms with Gasteiger partial charge in [0.05, 0.1) is 19.3 Å². The minimum absolute atomic E-state index is 0.0329. The Morgan fingerprint density at radius 3 is 2.43 bits per heavy atom. The third-order valence-corrected chi connectivity index (χ3v) is 4.38. The van der Waals surface area contributed by atoms with Crippen molar-refractivity contribution >= 4 is 11.9 Å². The second-order valence-corrected chi connectivity index (χ2v) is 7.75. The number of rotatable bonds is 7. The molecule has 0 amide bonds. The van der Waals surface area contributed by atoms with E-state index in [0.29, 0.717) is 17.1 Å². The Kier molecular flexibility index (Phi) is 7.69. The Morgan fingerprint density at radius 1 is 1.18 bits per heavy atom. The molecule has 156 valence electrons. The second kappa shape index (κ2) is 9.78. The fourth-order valence-corrected chi connectivity index (χ4v) is 3.09. The number of hydrogen-bond acceptors (Lipinski definition) is 7. The highest BCUT2D eigenvalue weighted by Gasteiger charge is 2.35. The maximum absolute atomic E-state index is 12.8. The van der Waals surface area contributed by atoms with Crippen molar-refractivity contribution in [1.29, 1.82) is 0 Å². The van der Waals surface area contributed by atoms with Crippen molar-refractivity contribution in [2.45, 2.75) is 52.2 Å². The van der Waals surface area contributed by atoms with Crippen molar-refractivity contribution in [1.82, 2.24) is 5.32 Å². The molecule has 1 aromatic rings. The molecule has 1 aliphatic rings. The summed E-state index contributed by atoms with van der Waals surface area (Å²) >= 11 is 0. The first kappa shape index (κ1) is 22.0. The van der Waals surface area contributed by atoms with E-state index in [1.807, 2.05) is 20.8 Å². The summed E-state index contributed by atoms with van der Waals surface area (Å²) < 4.78 is 22.1. The van der Waals surface area contributed by atoms with E-state index in [2.05, 4.69) is 5.32 Å². The van der Waals surface area contributed by atoms with Crippen molar-refractivity contribution in [3.8, 4) is 11.5 Å². The molecule has 1 aliphatic heterocycles. The SMILES string of the molecule is CCOC(=O)c1ccc(OC(C(=O)OC(C)(C)C)C2CCNCC2)c(OC)c1. The van der Waals surface area contributed by atoms with Crippen molar-refractivity contribution in [2.24, 2.45) is 5.92 Å². The number of ether oxygens (including phenoxy) is 4. The van der Waals surface area contributed by atoms with E-state index < -0.39 is 23.6 Å². The monoisotopic (exact) mass is 393 g/mol. The summed E-state index contributed by atoms with van der Waals surface area (Å²) in [5.74, 6) is -0.0335. The summed E-state index contributed by atoms with van der Waals surface area (Å²) in [5.41, 5.74) is -0.245. The zero-order valence-corrected chi connectivity index (χ0v) is 17.4. The van der Waals surface area contributed by atoms with Crippen LogP contribution in [0.2, 0.25) is 0 Å². The lowest BCUT2D eigenvalue weighted by Gasteiger charge is -2.32. The van der Waals surface area contributed by atoms with E-state index in [1.54, 1.807) is 25.1 Å². The van der Waals surface area contributed by atoms with Gasteiger partial charge in [-0.2, -0.15) is 0 Å². The van der Waals surface area contributed by atoms with Crippen LogP contribution in [0.5, 0.6) is 11.5 Å². The smallest absolute Gasteiger partial charge is 0.348 e. The van der Waals surface area contributed by atoms with Crippen molar-refractivity contribution in [2.75, 3.05) is 26.8 Å². The molecular formula is C21H31NO6. The molecule has 1 fully saturated rings. The summed E-state index contributed by atoms with van der Waals surface area (Å²) in [5, 5.41) is 3.29. The number of esters is 2. The normalized spacial score (nSPS) is 16.2. The first-order valence-corrected chi connectivity index (χ1v) is 9.70. The van der Waals surface area contributed by atoms with Crippen LogP contribution in [0, 0.1) is 5.92 Å². The largest absolute Gasteiger partial charge is 0.493 e. The molecule has 1 heterocycles. The van der Waals surface area contributed by atoms with Crippen LogP contribution in [0.3, 0.4) is 0 Å². The molecule has 1 unspecified atom stereocenters. The maximum Gasteiger partial charge on any atom is 0.348 e. The molecule has 1 N–H and O–H groups in total. The molecule has 7 heteroatoms. The summed E-state index contributed by atoms with van der Waals surface area (Å²) in [6.45, 7) is 9.18. The molecule has 0 saturated carbocycles. The highest BCUT2D eigenvalue weighted by molar-refractivity contribution is 5.90. The Labute approximate surface area is 166 Å². The molecule has 2 rings (SSSR count). The second-order valence-electron chi connectivity index (χ2n) is 7.75. The van der Waals surface area contributed by atoms with E-state index in [0.717, 1.165) is 25.9 Å². The number of nitrogens with one attached hydrogen (secondary N) is 1. The summed E-state index contributed by atoms with van der Waals surface area (Å²) in [4.78, 5) is 24.8. The topological polar surface area (TPSA) is 83.1 Å². The van der Waals surface area contributed by atoms with Gasteiger partial charge in [-0.25, -0.2) is 9.59 Å². The summed E-state index contributed by atoms with van der Waals surface area (Å²) in [6.07, 6.45) is 0.879. The predicted molar refractivity (Wildman–Crippen MR) is 105 cm³/mol. The molecule has 28 heavy (non-hydrogen) atoms. The minimum Gasteiger partial charge on any atom is -0.493 e. The summed E-state index contributed by atoms with van der Waals surface area (Å²) in [7, 11) is 1.49. The molecule has 0 spiro atoms. The van der Waals surface area contributed by atoms with Gasteiger partial charge in [-0.15, -0.1) is 0 Å². The van der Waals surface area contributed by atoms with Gasteiger partial charge in [0.1, 0.15) is 5.60 Å². The lowest BCUT2D eigenvalue weighted by atomic mass is 9.92. The quantitative estimate of drug-likeness (QED) is 0.713. The number of carbonyl (C=O) groups is 2. The highest BCUT2D eigenvalue weighted by Crippen LogP contribution is 2.32. The Balaban J connectivity index is 2.26. The van der Waals surface area contributed by atoms with Gasteiger partial charge in [-0.3, -0.25) is 0 Å². The van der Waals surface area contributed by atoms with Gasteiger partial charge in [0.2, 0.25) is 0 Å². The van der Waals surface area contributed by atoms with Gasteiger partial charge in [-0.1, -0.05) is 0 Å². The Morgan fingerprint density at radius 2 is 1.86 bits per heavy atom. The first-order chi connectivity index (χ1) is 13.2. The average Bonchev–Trinajstić information content (AvgIpc) is 2.65. The fourth-order valence-electron chi connectivity index (χ4n) is 3.09. The Hall–Kier alpha value is -2.28. The molecule has 7 nitrogen and oxygen atoms in total. The number of benzene rings is 1. The van der Waals surface area contributed by atoms with Crippen molar-refractivity contribution in [3.63, 3.8) is 0 Å². The van der Waals surface area contributed by atoms with Gasteiger partial charge < -0.3 is 24.3 Å². The Bertz CT molecular complexity index is 676. The van der Waals surface area contributed by atoms with Crippen molar-refractivity contribution < 1.29 is 28.5 Å². The third-order valence-electron chi connectivity index (χ3n) is 4.38. The van der Waals surface area contributed by atoms with E-state index in [1.165, 1.54) is 7.11 Å². The van der Waals surface area contributed by atoms with Gasteiger partial charge in [0, 0.05) is 5.92 Å². The minimum atomic E-state index is -0.747. The van der Waals surface area contributed by atoms with Crippen LogP contribution in [0.4, 0.5) is 0 Å². The standard InChI is InChI=1S/C21H31NO6/c1-6-26-19(23)15-7-8-16(17(13-15)25-5)27-18(14-9-11-22-12-10-14)20(24)28-21(2,3)4/h7-8,13-14,18,22H,6,9-12H2,1-5H3. The van der Waals surface area contributed by atoms with Crippen LogP contribution in [0.25, 0.3) is 0 Å². The zero-order valence-electron chi connectivity index (χ0n) is 17.4. The van der Waals surface area contributed by atoms with Crippen LogP contribution < -0.4 is 14.8 Å². The lowest BCUT2D eigenvalue weighted by molar-refractivity contribution is -0.166. The number of methoxy groups -OCH3 is 1. The first-order valence-electron chi connectivity index (χ1n) is 9.70. The van der Waals surface area contributed by atoms with Gasteiger partial charge >= 0.3 is 11.9 Å². The molecule has 0 aliphatic carbocycles. The highest BCUT2D eigenvalue weighted by atomic mass is 16.6. The van der Waals surface area contributed by atoms with Crippen LogP contribution in [-0.4, -0.2) is 50.4 Å². The molecule has 0 bridgehead atoms. The molecule has 0 aromatic heterocycles. The molecule has 1 saturated heterocycles. The molecule has 1 aromatic carbocycles. The third kappa shape index (κ3) is 6.12. The van der Waals surface area contributed by atoms with E-state index >= 15 is 0 Å². The van der Waals surface area contributed by atoms with Crippen LogP contribution in [-0.2, 0) is 14.3 Å².